The van der Waals surface area contributed by atoms with Gasteiger partial charge in [-0.1, -0.05) is 12.1 Å². The number of alkyl halides is 4. The van der Waals surface area contributed by atoms with E-state index in [1.54, 1.807) is 35.7 Å². The minimum Gasteiger partial charge on any atom is -0.435 e. The van der Waals surface area contributed by atoms with Gasteiger partial charge in [-0.2, -0.15) is 17.6 Å². The first-order valence-electron chi connectivity index (χ1n) is 8.94. The highest BCUT2D eigenvalue weighted by atomic mass is 19.3. The maximum atomic E-state index is 12.8. The van der Waals surface area contributed by atoms with E-state index in [1.807, 2.05) is 0 Å². The minimum absolute atomic E-state index is 0.0119. The standard InChI is InChI=1S/C19H15F4N5O3/c1-27-16(29)11-4-2-3-5-13(11)28-15(25-26-19(27)28)9-24-12-7-6-10(30-17(20)21)8-14(12)31-18(22)23/h2-8,17-18,24H,9H2,1H3. The third-order valence-corrected chi connectivity index (χ3v) is 4.52. The van der Waals surface area contributed by atoms with E-state index >= 15 is 0 Å². The summed E-state index contributed by atoms with van der Waals surface area (Å²) in [5.74, 6) is -0.0210. The Balaban J connectivity index is 1.70. The van der Waals surface area contributed by atoms with Crippen LogP contribution in [0.15, 0.2) is 47.3 Å². The summed E-state index contributed by atoms with van der Waals surface area (Å²) in [4.78, 5) is 12.5. The van der Waals surface area contributed by atoms with Crippen LogP contribution < -0.4 is 20.3 Å². The van der Waals surface area contributed by atoms with Gasteiger partial charge in [0, 0.05) is 13.1 Å². The monoisotopic (exact) mass is 437 g/mol. The summed E-state index contributed by atoms with van der Waals surface area (Å²) in [6.45, 7) is -6.27. The number of anilines is 1. The van der Waals surface area contributed by atoms with Gasteiger partial charge in [-0.15, -0.1) is 10.2 Å². The van der Waals surface area contributed by atoms with Gasteiger partial charge in [0.25, 0.3) is 5.56 Å². The van der Waals surface area contributed by atoms with E-state index in [4.69, 9.17) is 0 Å². The van der Waals surface area contributed by atoms with Crippen molar-refractivity contribution >= 4 is 22.4 Å². The Morgan fingerprint density at radius 2 is 1.77 bits per heavy atom. The number of para-hydroxylation sites is 1. The molecule has 162 valence electrons. The largest absolute Gasteiger partial charge is 0.435 e. The van der Waals surface area contributed by atoms with Crippen molar-refractivity contribution in [3.05, 3.63) is 58.6 Å². The molecule has 0 aliphatic rings. The molecule has 0 saturated heterocycles. The first kappa shape index (κ1) is 20.4. The predicted molar refractivity (Wildman–Crippen MR) is 103 cm³/mol. The van der Waals surface area contributed by atoms with E-state index in [2.05, 4.69) is 25.0 Å². The SMILES string of the molecule is Cn1c(=O)c2ccccc2n2c(CNc3ccc(OC(F)F)cc3OC(F)F)nnc12. The lowest BCUT2D eigenvalue weighted by molar-refractivity contribution is -0.0539. The molecule has 1 N–H and O–H groups in total. The molecule has 0 aliphatic carbocycles. The lowest BCUT2D eigenvalue weighted by Crippen LogP contribution is -2.20. The summed E-state index contributed by atoms with van der Waals surface area (Å²) < 4.78 is 62.0. The fourth-order valence-corrected chi connectivity index (χ4v) is 3.20. The second kappa shape index (κ2) is 8.13. The number of nitrogens with one attached hydrogen (secondary N) is 1. The molecule has 4 aromatic rings. The molecule has 0 atom stereocenters. The smallest absolute Gasteiger partial charge is 0.387 e. The molecule has 0 spiro atoms. The molecule has 0 radical (unpaired) electrons. The van der Waals surface area contributed by atoms with Crippen LogP contribution in [0.1, 0.15) is 5.82 Å². The number of hydrogen-bond acceptors (Lipinski definition) is 6. The topological polar surface area (TPSA) is 82.7 Å². The Hall–Kier alpha value is -3.83. The summed E-state index contributed by atoms with van der Waals surface area (Å²) in [6.07, 6.45) is 0. The van der Waals surface area contributed by atoms with Gasteiger partial charge in [-0.3, -0.25) is 13.8 Å². The molecule has 12 heteroatoms. The van der Waals surface area contributed by atoms with E-state index in [9.17, 15) is 22.4 Å². The Morgan fingerprint density at radius 1 is 1.03 bits per heavy atom. The first-order chi connectivity index (χ1) is 14.8. The average molecular weight is 437 g/mol. The fourth-order valence-electron chi connectivity index (χ4n) is 3.20. The molecular formula is C19H15F4N5O3. The summed E-state index contributed by atoms with van der Waals surface area (Å²) in [5, 5.41) is 11.5. The van der Waals surface area contributed by atoms with E-state index in [1.165, 1.54) is 16.7 Å². The average Bonchev–Trinajstić information content (AvgIpc) is 3.15. The van der Waals surface area contributed by atoms with Crippen LogP contribution >= 0.6 is 0 Å². The van der Waals surface area contributed by atoms with E-state index < -0.39 is 13.2 Å². The molecule has 0 amide bonds. The van der Waals surface area contributed by atoms with Gasteiger partial charge in [0.1, 0.15) is 5.75 Å². The maximum Gasteiger partial charge on any atom is 0.387 e. The van der Waals surface area contributed by atoms with E-state index in [-0.39, 0.29) is 29.3 Å². The molecule has 0 saturated carbocycles. The van der Waals surface area contributed by atoms with Crippen molar-refractivity contribution in [3.8, 4) is 11.5 Å². The highest BCUT2D eigenvalue weighted by Gasteiger charge is 2.17. The van der Waals surface area contributed by atoms with Gasteiger partial charge in [-0.05, 0) is 24.3 Å². The molecular weight excluding hydrogens is 422 g/mol. The van der Waals surface area contributed by atoms with Gasteiger partial charge in [-0.25, -0.2) is 0 Å². The van der Waals surface area contributed by atoms with E-state index in [0.29, 0.717) is 22.5 Å². The number of halogens is 4. The number of rotatable bonds is 7. The number of aromatic nitrogens is 4. The van der Waals surface area contributed by atoms with Crippen LogP contribution in [-0.4, -0.2) is 32.4 Å². The zero-order valence-corrected chi connectivity index (χ0v) is 15.9. The van der Waals surface area contributed by atoms with Gasteiger partial charge in [0.15, 0.2) is 11.6 Å². The predicted octanol–water partition coefficient (Wildman–Crippen LogP) is 3.40. The number of aryl methyl sites for hydroxylation is 1. The molecule has 2 aromatic heterocycles. The molecule has 0 fully saturated rings. The number of hydrogen-bond donors (Lipinski definition) is 1. The van der Waals surface area contributed by atoms with Crippen molar-refractivity contribution < 1.29 is 27.0 Å². The maximum absolute atomic E-state index is 12.8. The lowest BCUT2D eigenvalue weighted by atomic mass is 10.2. The summed E-state index contributed by atoms with van der Waals surface area (Å²) in [5.41, 5.74) is 0.442. The van der Waals surface area contributed by atoms with Gasteiger partial charge >= 0.3 is 13.2 Å². The van der Waals surface area contributed by atoms with Gasteiger partial charge in [0.2, 0.25) is 5.78 Å². The Morgan fingerprint density at radius 3 is 2.52 bits per heavy atom. The van der Waals surface area contributed by atoms with Crippen molar-refractivity contribution in [1.82, 2.24) is 19.2 Å². The van der Waals surface area contributed by atoms with Crippen LogP contribution in [0.2, 0.25) is 0 Å². The third kappa shape index (κ3) is 3.96. The first-order valence-corrected chi connectivity index (χ1v) is 8.94. The fraction of sp³-hybridized carbons (Fsp3) is 0.211. The van der Waals surface area contributed by atoms with Crippen molar-refractivity contribution in [1.29, 1.82) is 0 Å². The van der Waals surface area contributed by atoms with Crippen LogP contribution in [0.3, 0.4) is 0 Å². The summed E-state index contributed by atoms with van der Waals surface area (Å²) in [7, 11) is 1.56. The number of benzene rings is 2. The molecule has 0 aliphatic heterocycles. The second-order valence-corrected chi connectivity index (χ2v) is 6.40. The van der Waals surface area contributed by atoms with Gasteiger partial charge in [0.05, 0.1) is 23.1 Å². The Kier molecular flexibility index (Phi) is 5.36. The Bertz CT molecular complexity index is 1310. The number of fused-ring (bicyclic) bond motifs is 3. The third-order valence-electron chi connectivity index (χ3n) is 4.52. The number of ether oxygens (including phenoxy) is 2. The molecule has 2 aromatic carbocycles. The van der Waals surface area contributed by atoms with Crippen LogP contribution in [0, 0.1) is 0 Å². The zero-order chi connectivity index (χ0) is 22.1. The van der Waals surface area contributed by atoms with Crippen LogP contribution in [0.25, 0.3) is 16.7 Å². The lowest BCUT2D eigenvalue weighted by Gasteiger charge is -2.14. The highest BCUT2D eigenvalue weighted by molar-refractivity contribution is 5.80. The summed E-state index contributed by atoms with van der Waals surface area (Å²) in [6, 6.07) is 10.3. The van der Waals surface area contributed by atoms with Crippen molar-refractivity contribution in [3.63, 3.8) is 0 Å². The highest BCUT2D eigenvalue weighted by Crippen LogP contribution is 2.32. The molecule has 8 nitrogen and oxygen atoms in total. The minimum atomic E-state index is -3.17. The van der Waals surface area contributed by atoms with Gasteiger partial charge < -0.3 is 14.8 Å². The van der Waals surface area contributed by atoms with Crippen LogP contribution in [0.5, 0.6) is 11.5 Å². The van der Waals surface area contributed by atoms with E-state index in [0.717, 1.165) is 6.07 Å². The normalized spacial score (nSPS) is 11.6. The van der Waals surface area contributed by atoms with Crippen molar-refractivity contribution in [2.45, 2.75) is 19.8 Å². The molecule has 0 unspecified atom stereocenters. The number of nitrogens with zero attached hydrogens (tertiary/aromatic N) is 4. The van der Waals surface area contributed by atoms with Crippen molar-refractivity contribution in [2.75, 3.05) is 5.32 Å². The molecule has 4 rings (SSSR count). The molecule has 2 heterocycles. The van der Waals surface area contributed by atoms with Crippen molar-refractivity contribution in [2.24, 2.45) is 7.05 Å². The van der Waals surface area contributed by atoms with Crippen LogP contribution in [-0.2, 0) is 13.6 Å². The quantitative estimate of drug-likeness (QED) is 0.447. The molecule has 31 heavy (non-hydrogen) atoms. The zero-order valence-electron chi connectivity index (χ0n) is 15.9. The second-order valence-electron chi connectivity index (χ2n) is 6.40. The summed E-state index contributed by atoms with van der Waals surface area (Å²) >= 11 is 0. The van der Waals surface area contributed by atoms with Crippen LogP contribution in [0.4, 0.5) is 23.2 Å². The Labute approximate surface area is 171 Å². The molecule has 0 bridgehead atoms.